The molecule has 1 aliphatic rings. The number of rotatable bonds is 7. The minimum atomic E-state index is -1.53. The van der Waals surface area contributed by atoms with E-state index in [1.807, 2.05) is 71.0 Å². The fourth-order valence-corrected chi connectivity index (χ4v) is 5.28. The average Bonchev–Trinajstić information content (AvgIpc) is 3.12. The van der Waals surface area contributed by atoms with Gasteiger partial charge >= 0.3 is 0 Å². The summed E-state index contributed by atoms with van der Waals surface area (Å²) in [7, 11) is 0. The molecule has 0 saturated carbocycles. The van der Waals surface area contributed by atoms with Crippen LogP contribution in [0.25, 0.3) is 0 Å². The molecule has 0 bridgehead atoms. The Morgan fingerprint density at radius 2 is 1.63 bits per heavy atom. The molecule has 0 aromatic heterocycles. The van der Waals surface area contributed by atoms with Crippen molar-refractivity contribution in [3.8, 4) is 0 Å². The highest BCUT2D eigenvalue weighted by atomic mass is 32.2. The number of aliphatic hydroxyl groups excluding tert-OH is 1. The Kier molecular flexibility index (Phi) is 8.28. The Labute approximate surface area is 211 Å². The molecule has 0 aliphatic carbocycles. The van der Waals surface area contributed by atoms with Gasteiger partial charge in [-0.3, -0.25) is 14.4 Å². The highest BCUT2D eigenvalue weighted by Gasteiger charge is 2.50. The van der Waals surface area contributed by atoms with E-state index in [9.17, 15) is 19.5 Å². The summed E-state index contributed by atoms with van der Waals surface area (Å²) in [6.07, 6.45) is -1.27. The first-order chi connectivity index (χ1) is 16.4. The molecule has 3 N–H and O–H groups in total. The third-order valence-electron chi connectivity index (χ3n) is 5.86. The maximum Gasteiger partial charge on any atom is 0.254 e. The standard InChI is InChI=1S/C27H35N3O4S/c1-26(2,3)29-24(33)22-27(4,5)35-17-30(22)25(34)21(31)20(16-18-12-8-6-9-13-18)28-23(32)19-14-10-7-11-15-19/h6-15,20-22,31H,16-17H2,1-5H3,(H,28,32)(H,29,33)/t20-,21-,22+/m0/s1. The van der Waals surface area contributed by atoms with Gasteiger partial charge in [0.05, 0.1) is 11.9 Å². The van der Waals surface area contributed by atoms with Gasteiger partial charge in [0, 0.05) is 15.8 Å². The van der Waals surface area contributed by atoms with E-state index in [1.54, 1.807) is 24.3 Å². The molecule has 8 heteroatoms. The molecule has 0 unspecified atom stereocenters. The third kappa shape index (κ3) is 6.86. The molecule has 7 nitrogen and oxygen atoms in total. The van der Waals surface area contributed by atoms with Crippen LogP contribution in [0.1, 0.15) is 50.5 Å². The Balaban J connectivity index is 1.86. The van der Waals surface area contributed by atoms with E-state index in [2.05, 4.69) is 10.6 Å². The lowest BCUT2D eigenvalue weighted by molar-refractivity contribution is -0.147. The first-order valence-corrected chi connectivity index (χ1v) is 12.7. The third-order valence-corrected chi connectivity index (χ3v) is 7.24. The van der Waals surface area contributed by atoms with Crippen molar-refractivity contribution < 1.29 is 19.5 Å². The number of benzene rings is 2. The molecule has 3 rings (SSSR count). The fourth-order valence-electron chi connectivity index (χ4n) is 4.14. The molecule has 188 valence electrons. The van der Waals surface area contributed by atoms with Gasteiger partial charge in [-0.15, -0.1) is 11.8 Å². The van der Waals surface area contributed by atoms with E-state index in [0.29, 0.717) is 5.56 Å². The molecule has 0 spiro atoms. The molecule has 1 fully saturated rings. The number of amides is 3. The Bertz CT molecular complexity index is 1040. The number of thioether (sulfide) groups is 1. The van der Waals surface area contributed by atoms with Crippen molar-refractivity contribution in [2.24, 2.45) is 0 Å². The molecule has 1 heterocycles. The van der Waals surface area contributed by atoms with Crippen LogP contribution in [0.2, 0.25) is 0 Å². The highest BCUT2D eigenvalue weighted by molar-refractivity contribution is 8.00. The molecule has 1 aliphatic heterocycles. The molecule has 3 amide bonds. The lowest BCUT2D eigenvalue weighted by Crippen LogP contribution is -2.60. The van der Waals surface area contributed by atoms with E-state index in [1.165, 1.54) is 16.7 Å². The Morgan fingerprint density at radius 1 is 1.06 bits per heavy atom. The summed E-state index contributed by atoms with van der Waals surface area (Å²) >= 11 is 1.49. The van der Waals surface area contributed by atoms with Gasteiger partial charge in [-0.1, -0.05) is 48.5 Å². The van der Waals surface area contributed by atoms with Crippen LogP contribution in [0.5, 0.6) is 0 Å². The molecule has 3 atom stereocenters. The van der Waals surface area contributed by atoms with Crippen LogP contribution in [-0.4, -0.2) is 62.1 Å². The normalized spacial score (nSPS) is 19.0. The van der Waals surface area contributed by atoms with Gasteiger partial charge in [-0.2, -0.15) is 0 Å². The second-order valence-electron chi connectivity index (χ2n) is 10.4. The molecule has 0 radical (unpaired) electrons. The molecule has 2 aromatic rings. The zero-order valence-electron chi connectivity index (χ0n) is 20.9. The van der Waals surface area contributed by atoms with Crippen molar-refractivity contribution in [1.29, 1.82) is 0 Å². The van der Waals surface area contributed by atoms with Crippen LogP contribution in [-0.2, 0) is 16.0 Å². The lowest BCUT2D eigenvalue weighted by Gasteiger charge is -2.35. The number of nitrogens with zero attached hydrogens (tertiary/aromatic N) is 1. The number of carbonyl (C=O) groups excluding carboxylic acids is 3. The molecular weight excluding hydrogens is 462 g/mol. The van der Waals surface area contributed by atoms with Crippen LogP contribution >= 0.6 is 11.8 Å². The van der Waals surface area contributed by atoms with E-state index in [0.717, 1.165) is 5.56 Å². The van der Waals surface area contributed by atoms with Crippen LogP contribution in [0.3, 0.4) is 0 Å². The minimum absolute atomic E-state index is 0.259. The predicted octanol–water partition coefficient (Wildman–Crippen LogP) is 2.98. The largest absolute Gasteiger partial charge is 0.381 e. The average molecular weight is 498 g/mol. The highest BCUT2D eigenvalue weighted by Crippen LogP contribution is 2.40. The zero-order chi connectivity index (χ0) is 25.8. The van der Waals surface area contributed by atoms with Gasteiger partial charge in [0.2, 0.25) is 5.91 Å². The number of hydrogen-bond donors (Lipinski definition) is 3. The predicted molar refractivity (Wildman–Crippen MR) is 139 cm³/mol. The number of carbonyl (C=O) groups is 3. The Hall–Kier alpha value is -2.84. The number of hydrogen-bond acceptors (Lipinski definition) is 5. The van der Waals surface area contributed by atoms with Gasteiger partial charge in [0.25, 0.3) is 11.8 Å². The van der Waals surface area contributed by atoms with Crippen molar-refractivity contribution in [3.63, 3.8) is 0 Å². The smallest absolute Gasteiger partial charge is 0.254 e. The summed E-state index contributed by atoms with van der Waals surface area (Å²) < 4.78 is -0.535. The summed E-state index contributed by atoms with van der Waals surface area (Å²) in [5.41, 5.74) is 0.842. The summed E-state index contributed by atoms with van der Waals surface area (Å²) in [4.78, 5) is 41.1. The quantitative estimate of drug-likeness (QED) is 0.546. The van der Waals surface area contributed by atoms with Gasteiger partial charge in [-0.25, -0.2) is 0 Å². The van der Waals surface area contributed by atoms with Gasteiger partial charge in [0.1, 0.15) is 6.04 Å². The fraction of sp³-hybridized carbons (Fsp3) is 0.444. The second-order valence-corrected chi connectivity index (χ2v) is 12.0. The van der Waals surface area contributed by atoms with Gasteiger partial charge < -0.3 is 20.6 Å². The van der Waals surface area contributed by atoms with E-state index in [4.69, 9.17) is 0 Å². The molecule has 1 saturated heterocycles. The maximum atomic E-state index is 13.6. The first-order valence-electron chi connectivity index (χ1n) is 11.7. The summed E-state index contributed by atoms with van der Waals surface area (Å²) in [6.45, 7) is 9.49. The zero-order valence-corrected chi connectivity index (χ0v) is 21.8. The van der Waals surface area contributed by atoms with Crippen molar-refractivity contribution in [3.05, 3.63) is 71.8 Å². The monoisotopic (exact) mass is 497 g/mol. The summed E-state index contributed by atoms with van der Waals surface area (Å²) in [5, 5.41) is 17.1. The lowest BCUT2D eigenvalue weighted by atomic mass is 9.96. The van der Waals surface area contributed by atoms with Crippen LogP contribution in [0, 0.1) is 0 Å². The summed E-state index contributed by atoms with van der Waals surface area (Å²) in [5.74, 6) is -0.945. The number of aliphatic hydroxyl groups is 1. The Morgan fingerprint density at radius 3 is 2.20 bits per heavy atom. The van der Waals surface area contributed by atoms with Crippen molar-refractivity contribution in [2.75, 3.05) is 5.88 Å². The maximum absolute atomic E-state index is 13.6. The number of nitrogens with one attached hydrogen (secondary N) is 2. The topological polar surface area (TPSA) is 98.7 Å². The van der Waals surface area contributed by atoms with Gasteiger partial charge in [-0.05, 0) is 58.7 Å². The van der Waals surface area contributed by atoms with Crippen LogP contribution in [0.4, 0.5) is 0 Å². The van der Waals surface area contributed by atoms with Crippen molar-refractivity contribution in [2.45, 2.75) is 69.5 Å². The van der Waals surface area contributed by atoms with Crippen LogP contribution < -0.4 is 10.6 Å². The minimum Gasteiger partial charge on any atom is -0.381 e. The van der Waals surface area contributed by atoms with Gasteiger partial charge in [0.15, 0.2) is 6.10 Å². The molecular formula is C27H35N3O4S. The second kappa shape index (κ2) is 10.8. The summed E-state index contributed by atoms with van der Waals surface area (Å²) in [6, 6.07) is 16.4. The van der Waals surface area contributed by atoms with Crippen LogP contribution in [0.15, 0.2) is 60.7 Å². The van der Waals surface area contributed by atoms with Crippen molar-refractivity contribution in [1.82, 2.24) is 15.5 Å². The first kappa shape index (κ1) is 26.8. The van der Waals surface area contributed by atoms with E-state index >= 15 is 0 Å². The van der Waals surface area contributed by atoms with E-state index < -0.39 is 34.4 Å². The van der Waals surface area contributed by atoms with Crippen molar-refractivity contribution >= 4 is 29.5 Å². The molecule has 35 heavy (non-hydrogen) atoms. The molecule has 2 aromatic carbocycles. The van der Waals surface area contributed by atoms with E-state index in [-0.39, 0.29) is 24.1 Å². The SMILES string of the molecule is CC(C)(C)NC(=O)[C@H]1N(C(=O)[C@@H](O)[C@H](Cc2ccccc2)NC(=O)c2ccccc2)CSC1(C)C.